The van der Waals surface area contributed by atoms with Crippen LogP contribution in [-0.2, 0) is 14.3 Å². The summed E-state index contributed by atoms with van der Waals surface area (Å²) in [6, 6.07) is 0. The van der Waals surface area contributed by atoms with E-state index in [1.165, 1.54) is 6.42 Å². The van der Waals surface area contributed by atoms with Crippen LogP contribution in [0.3, 0.4) is 0 Å². The van der Waals surface area contributed by atoms with Gasteiger partial charge in [-0.1, -0.05) is 0 Å². The van der Waals surface area contributed by atoms with Crippen molar-refractivity contribution in [3.05, 3.63) is 0 Å². The molecule has 0 aromatic carbocycles. The molecule has 0 aromatic rings. The molecule has 2 fully saturated rings. The zero-order valence-corrected chi connectivity index (χ0v) is 12.8. The Hall–Kier alpha value is -1.14. The predicted octanol–water partition coefficient (Wildman–Crippen LogP) is 0.668. The zero-order chi connectivity index (χ0) is 15.2. The molecule has 0 spiro atoms. The summed E-state index contributed by atoms with van der Waals surface area (Å²) in [5.41, 5.74) is 0. The highest BCUT2D eigenvalue weighted by Gasteiger charge is 2.27. The molecule has 1 atom stereocenters. The van der Waals surface area contributed by atoms with E-state index in [1.54, 1.807) is 4.90 Å². The fourth-order valence-electron chi connectivity index (χ4n) is 3.16. The molecule has 21 heavy (non-hydrogen) atoms. The molecule has 0 radical (unpaired) electrons. The van der Waals surface area contributed by atoms with E-state index in [0.717, 1.165) is 26.2 Å². The quantitative estimate of drug-likeness (QED) is 0.808. The Morgan fingerprint density at radius 2 is 2.00 bits per heavy atom. The number of aliphatic carboxylic acids is 1. The number of piperidine rings is 1. The van der Waals surface area contributed by atoms with Gasteiger partial charge in [0.25, 0.3) is 0 Å². The maximum Gasteiger partial charge on any atom is 0.306 e. The summed E-state index contributed by atoms with van der Waals surface area (Å²) < 4.78 is 5.46. The van der Waals surface area contributed by atoms with Crippen LogP contribution in [0.4, 0.5) is 0 Å². The van der Waals surface area contributed by atoms with Gasteiger partial charge in [0.15, 0.2) is 0 Å². The molecule has 6 heteroatoms. The Morgan fingerprint density at radius 3 is 2.57 bits per heavy atom. The van der Waals surface area contributed by atoms with Gasteiger partial charge in [0.05, 0.1) is 19.1 Å². The van der Waals surface area contributed by atoms with Crippen molar-refractivity contribution in [2.75, 3.05) is 46.4 Å². The van der Waals surface area contributed by atoms with Crippen LogP contribution in [0, 0.1) is 11.8 Å². The Bertz CT molecular complexity index is 361. The number of hydrogen-bond acceptors (Lipinski definition) is 4. The monoisotopic (exact) mass is 298 g/mol. The number of carboxylic acid groups (broad SMARTS) is 1. The van der Waals surface area contributed by atoms with Gasteiger partial charge in [-0.05, 0) is 38.6 Å². The number of carbonyl (C=O) groups is 2. The molecule has 0 saturated carbocycles. The molecule has 120 valence electrons. The summed E-state index contributed by atoms with van der Waals surface area (Å²) >= 11 is 0. The SMILES string of the molecule is CN(CC(=O)N1CCC(C(=O)O)CC1)CC1CCCOC1. The first kappa shape index (κ1) is 16.2. The van der Waals surface area contributed by atoms with Gasteiger partial charge >= 0.3 is 5.97 Å². The van der Waals surface area contributed by atoms with Crippen molar-refractivity contribution in [3.63, 3.8) is 0 Å². The molecule has 0 bridgehead atoms. The van der Waals surface area contributed by atoms with E-state index in [9.17, 15) is 9.59 Å². The first-order valence-corrected chi connectivity index (χ1v) is 7.83. The van der Waals surface area contributed by atoms with Gasteiger partial charge in [0.1, 0.15) is 0 Å². The van der Waals surface area contributed by atoms with Gasteiger partial charge in [0, 0.05) is 26.2 Å². The second-order valence-electron chi connectivity index (χ2n) is 6.27. The van der Waals surface area contributed by atoms with Gasteiger partial charge in [-0.15, -0.1) is 0 Å². The molecular formula is C15H26N2O4. The van der Waals surface area contributed by atoms with Gasteiger partial charge in [-0.2, -0.15) is 0 Å². The molecule has 1 N–H and O–H groups in total. The molecule has 0 aromatic heterocycles. The molecule has 6 nitrogen and oxygen atoms in total. The Morgan fingerprint density at radius 1 is 1.29 bits per heavy atom. The third-order valence-electron chi connectivity index (χ3n) is 4.43. The number of hydrogen-bond donors (Lipinski definition) is 1. The van der Waals surface area contributed by atoms with Crippen LogP contribution in [0.25, 0.3) is 0 Å². The van der Waals surface area contributed by atoms with Crippen LogP contribution in [0.1, 0.15) is 25.7 Å². The van der Waals surface area contributed by atoms with Gasteiger partial charge in [-0.25, -0.2) is 0 Å². The van der Waals surface area contributed by atoms with Crippen LogP contribution in [-0.4, -0.2) is 73.2 Å². The Balaban J connectivity index is 1.70. The number of carbonyl (C=O) groups excluding carboxylic acids is 1. The van der Waals surface area contributed by atoms with E-state index >= 15 is 0 Å². The molecule has 1 unspecified atom stereocenters. The zero-order valence-electron chi connectivity index (χ0n) is 12.8. The summed E-state index contributed by atoms with van der Waals surface area (Å²) in [5, 5.41) is 8.97. The van der Waals surface area contributed by atoms with Gasteiger partial charge < -0.3 is 14.7 Å². The van der Waals surface area contributed by atoms with Gasteiger partial charge in [-0.3, -0.25) is 14.5 Å². The van der Waals surface area contributed by atoms with Crippen LogP contribution in [0.15, 0.2) is 0 Å². The lowest BCUT2D eigenvalue weighted by Crippen LogP contribution is -2.45. The van der Waals surface area contributed by atoms with Crippen LogP contribution < -0.4 is 0 Å². The minimum atomic E-state index is -0.739. The molecule has 2 saturated heterocycles. The number of nitrogens with zero attached hydrogens (tertiary/aromatic N) is 2. The Kier molecular flexibility index (Phi) is 5.99. The van der Waals surface area contributed by atoms with E-state index < -0.39 is 5.97 Å². The average molecular weight is 298 g/mol. The maximum absolute atomic E-state index is 12.2. The van der Waals surface area contributed by atoms with Crippen molar-refractivity contribution in [3.8, 4) is 0 Å². The number of amides is 1. The fourth-order valence-corrected chi connectivity index (χ4v) is 3.16. The highest BCUT2D eigenvalue weighted by Crippen LogP contribution is 2.18. The first-order chi connectivity index (χ1) is 10.1. The first-order valence-electron chi connectivity index (χ1n) is 7.83. The normalized spacial score (nSPS) is 24.3. The van der Waals surface area contributed by atoms with E-state index in [-0.39, 0.29) is 11.8 Å². The number of ether oxygens (including phenoxy) is 1. The number of likely N-dealkylation sites (tertiary alicyclic amines) is 1. The molecule has 0 aliphatic carbocycles. The molecule has 2 rings (SSSR count). The standard InChI is InChI=1S/C15H26N2O4/c1-16(9-12-3-2-8-21-11-12)10-14(18)17-6-4-13(5-7-17)15(19)20/h12-13H,2-11H2,1H3,(H,19,20). The van der Waals surface area contributed by atoms with Crippen LogP contribution in [0.2, 0.25) is 0 Å². The summed E-state index contributed by atoms with van der Waals surface area (Å²) in [6.45, 7) is 4.08. The predicted molar refractivity (Wildman–Crippen MR) is 78.0 cm³/mol. The highest BCUT2D eigenvalue weighted by molar-refractivity contribution is 5.78. The number of carboxylic acids is 1. The topological polar surface area (TPSA) is 70.1 Å². The van der Waals surface area contributed by atoms with E-state index in [2.05, 4.69) is 4.90 Å². The summed E-state index contributed by atoms with van der Waals surface area (Å²) in [7, 11) is 1.97. The van der Waals surface area contributed by atoms with Crippen LogP contribution >= 0.6 is 0 Å². The van der Waals surface area contributed by atoms with Crippen molar-refractivity contribution in [1.82, 2.24) is 9.80 Å². The van der Waals surface area contributed by atoms with Gasteiger partial charge in [0.2, 0.25) is 5.91 Å². The summed E-state index contributed by atoms with van der Waals surface area (Å²) in [5.74, 6) is -0.393. The van der Waals surface area contributed by atoms with Crippen molar-refractivity contribution >= 4 is 11.9 Å². The molecule has 1 amide bonds. The van der Waals surface area contributed by atoms with E-state index in [0.29, 0.717) is 38.4 Å². The Labute approximate surface area is 126 Å². The molecule has 2 aliphatic heterocycles. The number of likely N-dealkylation sites (N-methyl/N-ethyl adjacent to an activating group) is 1. The molecule has 2 aliphatic rings. The lowest BCUT2D eigenvalue weighted by Gasteiger charge is -2.32. The second-order valence-corrected chi connectivity index (χ2v) is 6.27. The third kappa shape index (κ3) is 4.97. The fraction of sp³-hybridized carbons (Fsp3) is 0.867. The molecular weight excluding hydrogens is 272 g/mol. The third-order valence-corrected chi connectivity index (χ3v) is 4.43. The molecule has 2 heterocycles. The van der Waals surface area contributed by atoms with Crippen LogP contribution in [0.5, 0.6) is 0 Å². The lowest BCUT2D eigenvalue weighted by molar-refractivity contribution is -0.146. The van der Waals surface area contributed by atoms with Crippen molar-refractivity contribution in [2.24, 2.45) is 11.8 Å². The van der Waals surface area contributed by atoms with Crippen molar-refractivity contribution < 1.29 is 19.4 Å². The minimum absolute atomic E-state index is 0.109. The summed E-state index contributed by atoms with van der Waals surface area (Å²) in [4.78, 5) is 27.0. The highest BCUT2D eigenvalue weighted by atomic mass is 16.5. The smallest absolute Gasteiger partial charge is 0.306 e. The van der Waals surface area contributed by atoms with E-state index in [1.807, 2.05) is 7.05 Å². The lowest BCUT2D eigenvalue weighted by atomic mass is 9.97. The van der Waals surface area contributed by atoms with Crippen molar-refractivity contribution in [2.45, 2.75) is 25.7 Å². The summed E-state index contributed by atoms with van der Waals surface area (Å²) in [6.07, 6.45) is 3.42. The van der Waals surface area contributed by atoms with E-state index in [4.69, 9.17) is 9.84 Å². The minimum Gasteiger partial charge on any atom is -0.481 e. The maximum atomic E-state index is 12.2. The largest absolute Gasteiger partial charge is 0.481 e. The second kappa shape index (κ2) is 7.75. The number of rotatable bonds is 5. The van der Waals surface area contributed by atoms with Crippen molar-refractivity contribution in [1.29, 1.82) is 0 Å². The average Bonchev–Trinajstić information content (AvgIpc) is 2.48.